The van der Waals surface area contributed by atoms with Crippen molar-refractivity contribution in [2.24, 2.45) is 0 Å². The molecule has 0 atom stereocenters. The van der Waals surface area contributed by atoms with E-state index in [-0.39, 0.29) is 18.0 Å². The number of rotatable bonds is 4. The molecule has 0 amide bonds. The topological polar surface area (TPSA) is 56.9 Å². The minimum Gasteiger partial charge on any atom is -0.291 e. The van der Waals surface area contributed by atoms with Crippen LogP contribution in [-0.4, -0.2) is 20.1 Å². The van der Waals surface area contributed by atoms with Gasteiger partial charge in [-0.15, -0.1) is 11.3 Å². The van der Waals surface area contributed by atoms with Crippen LogP contribution < -0.4 is 5.69 Å². The molecule has 2 aromatic rings. The molecule has 0 unspecified atom stereocenters. The van der Waals surface area contributed by atoms with Crippen LogP contribution in [0.3, 0.4) is 0 Å². The summed E-state index contributed by atoms with van der Waals surface area (Å²) in [6.45, 7) is 2.83. The Morgan fingerprint density at radius 3 is 2.95 bits per heavy atom. The van der Waals surface area contributed by atoms with E-state index in [1.807, 2.05) is 12.1 Å². The van der Waals surface area contributed by atoms with Crippen molar-refractivity contribution in [3.05, 3.63) is 38.2 Å². The summed E-state index contributed by atoms with van der Waals surface area (Å²) in [7, 11) is 0. The van der Waals surface area contributed by atoms with Crippen LogP contribution in [0, 0.1) is 0 Å². The zero-order valence-electron chi connectivity index (χ0n) is 11.5. The largest absolute Gasteiger partial charge is 0.346 e. The molecule has 0 aromatic carbocycles. The molecule has 0 spiro atoms. The lowest BCUT2D eigenvalue weighted by molar-refractivity contribution is 0.0970. The molecule has 0 fully saturated rings. The maximum atomic E-state index is 12.2. The van der Waals surface area contributed by atoms with Gasteiger partial charge in [-0.25, -0.2) is 9.48 Å². The molecule has 0 bridgehead atoms. The Balaban J connectivity index is 1.82. The van der Waals surface area contributed by atoms with Crippen molar-refractivity contribution in [3.63, 3.8) is 0 Å². The van der Waals surface area contributed by atoms with E-state index in [4.69, 9.17) is 0 Å². The highest BCUT2D eigenvalue weighted by Crippen LogP contribution is 2.18. The van der Waals surface area contributed by atoms with E-state index >= 15 is 0 Å². The fourth-order valence-corrected chi connectivity index (χ4v) is 3.36. The van der Waals surface area contributed by atoms with Crippen LogP contribution in [0.5, 0.6) is 0 Å². The maximum Gasteiger partial charge on any atom is 0.346 e. The summed E-state index contributed by atoms with van der Waals surface area (Å²) < 4.78 is 3.01. The van der Waals surface area contributed by atoms with E-state index in [0.29, 0.717) is 4.88 Å². The van der Waals surface area contributed by atoms with Gasteiger partial charge in [-0.2, -0.15) is 5.10 Å². The lowest BCUT2D eigenvalue weighted by atomic mass is 10.2. The highest BCUT2D eigenvalue weighted by Gasteiger charge is 2.19. The number of aryl methyl sites for hydroxylation is 2. The van der Waals surface area contributed by atoms with E-state index in [1.165, 1.54) is 20.9 Å². The van der Waals surface area contributed by atoms with Crippen LogP contribution in [0.25, 0.3) is 0 Å². The Morgan fingerprint density at radius 1 is 1.40 bits per heavy atom. The fraction of sp³-hybridized carbons (Fsp3) is 0.500. The number of hydrogen-bond acceptors (Lipinski definition) is 4. The van der Waals surface area contributed by atoms with Gasteiger partial charge in [0.1, 0.15) is 12.4 Å². The summed E-state index contributed by atoms with van der Waals surface area (Å²) in [4.78, 5) is 26.3. The zero-order chi connectivity index (χ0) is 14.1. The number of nitrogens with zero attached hydrogens (tertiary/aromatic N) is 3. The average molecular weight is 291 g/mol. The van der Waals surface area contributed by atoms with Crippen molar-refractivity contribution in [2.45, 2.75) is 45.7 Å². The maximum absolute atomic E-state index is 12.2. The van der Waals surface area contributed by atoms with Crippen LogP contribution in [0.4, 0.5) is 0 Å². The van der Waals surface area contributed by atoms with Crippen molar-refractivity contribution >= 4 is 17.1 Å². The van der Waals surface area contributed by atoms with E-state index in [0.717, 1.165) is 38.1 Å². The van der Waals surface area contributed by atoms with Crippen LogP contribution >= 0.6 is 11.3 Å². The summed E-state index contributed by atoms with van der Waals surface area (Å²) in [5, 5.41) is 4.29. The molecule has 3 rings (SSSR count). The number of thiophene rings is 1. The molecule has 1 aliphatic heterocycles. The highest BCUT2D eigenvalue weighted by atomic mass is 32.1. The molecule has 0 saturated carbocycles. The lowest BCUT2D eigenvalue weighted by Gasteiger charge is -2.09. The summed E-state index contributed by atoms with van der Waals surface area (Å²) in [6, 6.07) is 3.81. The van der Waals surface area contributed by atoms with E-state index < -0.39 is 0 Å². The predicted octanol–water partition coefficient (Wildman–Crippen LogP) is 1.89. The second-order valence-electron chi connectivity index (χ2n) is 5.01. The quantitative estimate of drug-likeness (QED) is 0.808. The number of Topliss-reactive ketones (excluding diaryl/α,β-unsaturated/α-hetero) is 1. The number of carbonyl (C=O) groups excluding carboxylic acids is 1. The number of hydrogen-bond donors (Lipinski definition) is 0. The molecule has 2 aromatic heterocycles. The lowest BCUT2D eigenvalue weighted by Crippen LogP contribution is -2.28. The first-order valence-corrected chi connectivity index (χ1v) is 7.79. The Hall–Kier alpha value is -1.69. The number of aromatic nitrogens is 3. The molecule has 1 aliphatic rings. The minimum absolute atomic E-state index is 0.0350. The average Bonchev–Trinajstić information content (AvgIpc) is 3.05. The predicted molar refractivity (Wildman–Crippen MR) is 77.5 cm³/mol. The SMILES string of the molecule is CCc1ccc(C(=O)Cn2nc3n(c2=O)CCCC3)s1. The van der Waals surface area contributed by atoms with Crippen LogP contribution in [0.1, 0.15) is 40.1 Å². The van der Waals surface area contributed by atoms with Crippen LogP contribution in [-0.2, 0) is 25.9 Å². The third-order valence-corrected chi connectivity index (χ3v) is 4.88. The Kier molecular flexibility index (Phi) is 3.56. The minimum atomic E-state index is -0.152. The summed E-state index contributed by atoms with van der Waals surface area (Å²) >= 11 is 1.50. The summed E-state index contributed by atoms with van der Waals surface area (Å²) in [5.41, 5.74) is -0.152. The van der Waals surface area contributed by atoms with E-state index in [1.54, 1.807) is 4.57 Å². The van der Waals surface area contributed by atoms with E-state index in [2.05, 4.69) is 12.0 Å². The first kappa shape index (κ1) is 13.3. The Labute approximate surface area is 120 Å². The van der Waals surface area contributed by atoms with Crippen LogP contribution in [0.15, 0.2) is 16.9 Å². The fourth-order valence-electron chi connectivity index (χ4n) is 2.48. The molecule has 6 heteroatoms. The molecule has 0 saturated heterocycles. The Morgan fingerprint density at radius 2 is 2.25 bits per heavy atom. The van der Waals surface area contributed by atoms with Gasteiger partial charge in [0.05, 0.1) is 4.88 Å². The standard InChI is InChI=1S/C14H17N3O2S/c1-2-10-6-7-12(20-10)11(18)9-17-14(19)16-8-4-3-5-13(16)15-17/h6-7H,2-5,8-9H2,1H3. The Bertz CT molecular complexity index is 696. The second-order valence-corrected chi connectivity index (χ2v) is 6.18. The summed E-state index contributed by atoms with van der Waals surface area (Å²) in [6.07, 6.45) is 3.83. The van der Waals surface area contributed by atoms with Crippen LogP contribution in [0.2, 0.25) is 0 Å². The third-order valence-electron chi connectivity index (χ3n) is 3.61. The normalized spacial score (nSPS) is 14.2. The van der Waals surface area contributed by atoms with Crippen molar-refractivity contribution in [1.82, 2.24) is 14.3 Å². The van der Waals surface area contributed by atoms with E-state index in [9.17, 15) is 9.59 Å². The summed E-state index contributed by atoms with van der Waals surface area (Å²) in [5.74, 6) is 0.779. The number of ketones is 1. The molecule has 3 heterocycles. The van der Waals surface area contributed by atoms with Crippen molar-refractivity contribution < 1.29 is 4.79 Å². The first-order valence-electron chi connectivity index (χ1n) is 6.97. The van der Waals surface area contributed by atoms with Gasteiger partial charge in [0.15, 0.2) is 5.78 Å². The van der Waals surface area contributed by atoms with Crippen molar-refractivity contribution in [1.29, 1.82) is 0 Å². The number of carbonyl (C=O) groups is 1. The van der Waals surface area contributed by atoms with Gasteiger partial charge in [0.2, 0.25) is 0 Å². The van der Waals surface area contributed by atoms with Gasteiger partial charge in [0.25, 0.3) is 0 Å². The molecule has 20 heavy (non-hydrogen) atoms. The molecular formula is C14H17N3O2S. The van der Waals surface area contributed by atoms with Gasteiger partial charge < -0.3 is 0 Å². The third kappa shape index (κ3) is 2.35. The highest BCUT2D eigenvalue weighted by molar-refractivity contribution is 7.14. The molecule has 106 valence electrons. The molecule has 0 radical (unpaired) electrons. The van der Waals surface area contributed by atoms with Gasteiger partial charge in [-0.3, -0.25) is 9.36 Å². The molecule has 0 N–H and O–H groups in total. The smallest absolute Gasteiger partial charge is 0.291 e. The monoisotopic (exact) mass is 291 g/mol. The number of fused-ring (bicyclic) bond motifs is 1. The zero-order valence-corrected chi connectivity index (χ0v) is 12.3. The van der Waals surface area contributed by atoms with Gasteiger partial charge in [-0.05, 0) is 31.4 Å². The molecular weight excluding hydrogens is 274 g/mol. The van der Waals surface area contributed by atoms with Gasteiger partial charge in [0, 0.05) is 17.8 Å². The van der Waals surface area contributed by atoms with Crippen molar-refractivity contribution in [3.8, 4) is 0 Å². The molecule has 5 nitrogen and oxygen atoms in total. The van der Waals surface area contributed by atoms with Crippen molar-refractivity contribution in [2.75, 3.05) is 0 Å². The molecule has 0 aliphatic carbocycles. The van der Waals surface area contributed by atoms with Gasteiger partial charge >= 0.3 is 5.69 Å². The first-order chi connectivity index (χ1) is 9.69. The van der Waals surface area contributed by atoms with Gasteiger partial charge in [-0.1, -0.05) is 6.92 Å². The second kappa shape index (κ2) is 5.36.